The Morgan fingerprint density at radius 2 is 2.12 bits per heavy atom. The van der Waals surface area contributed by atoms with Gasteiger partial charge in [-0.3, -0.25) is 4.79 Å². The second kappa shape index (κ2) is 5.56. The van der Waals surface area contributed by atoms with E-state index in [9.17, 15) is 9.90 Å². The number of rotatable bonds is 2. The van der Waals surface area contributed by atoms with E-state index in [2.05, 4.69) is 10.1 Å². The third kappa shape index (κ3) is 2.44. The maximum absolute atomic E-state index is 13.3. The number of phenols is 1. The van der Waals surface area contributed by atoms with E-state index >= 15 is 0 Å². The predicted octanol–water partition coefficient (Wildman–Crippen LogP) is 3.31. The fourth-order valence-corrected chi connectivity index (χ4v) is 3.76. The number of phenolic OH excluding ortho intramolecular Hbond substituents is 1. The number of hydrogen-bond acceptors (Lipinski definition) is 5. The van der Waals surface area contributed by atoms with Crippen LogP contribution in [0.25, 0.3) is 11.1 Å². The molecule has 6 nitrogen and oxygen atoms in total. The molecule has 2 aromatic heterocycles. The van der Waals surface area contributed by atoms with Crippen LogP contribution >= 0.6 is 0 Å². The average molecular weight is 349 g/mol. The van der Waals surface area contributed by atoms with Gasteiger partial charge in [-0.2, -0.15) is 0 Å². The number of carbonyl (C=O) groups is 1. The second-order valence-corrected chi connectivity index (χ2v) is 7.25. The minimum Gasteiger partial charge on any atom is -0.508 e. The van der Waals surface area contributed by atoms with E-state index in [0.717, 1.165) is 30.5 Å². The zero-order valence-corrected chi connectivity index (χ0v) is 14.5. The molecule has 2 aliphatic rings. The summed E-state index contributed by atoms with van der Waals surface area (Å²) in [6.07, 6.45) is 3.00. The molecule has 5 rings (SSSR count). The van der Waals surface area contributed by atoms with E-state index in [1.54, 1.807) is 12.1 Å². The summed E-state index contributed by atoms with van der Waals surface area (Å²) < 4.78 is 5.35. The first-order valence-corrected chi connectivity index (χ1v) is 8.97. The molecule has 1 saturated carbocycles. The first-order chi connectivity index (χ1) is 12.6. The molecular weight excluding hydrogens is 330 g/mol. The molecule has 1 aromatic carbocycles. The Labute approximate surface area is 150 Å². The summed E-state index contributed by atoms with van der Waals surface area (Å²) in [6, 6.07) is 7.30. The van der Waals surface area contributed by atoms with Gasteiger partial charge < -0.3 is 14.5 Å². The first-order valence-electron chi connectivity index (χ1n) is 8.97. The molecule has 132 valence electrons. The summed E-state index contributed by atoms with van der Waals surface area (Å²) in [7, 11) is 0. The Hall–Kier alpha value is -2.89. The fraction of sp³-hybridized carbons (Fsp3) is 0.350. The number of aromatic hydroxyl groups is 1. The Kier molecular flexibility index (Phi) is 3.29. The molecule has 3 heterocycles. The summed E-state index contributed by atoms with van der Waals surface area (Å²) in [4.78, 5) is 19.7. The van der Waals surface area contributed by atoms with Crippen LogP contribution in [0.1, 0.15) is 51.6 Å². The van der Waals surface area contributed by atoms with Gasteiger partial charge in [0.15, 0.2) is 0 Å². The number of aryl methyl sites for hydroxylation is 1. The topological polar surface area (TPSA) is 79.5 Å². The number of amides is 1. The molecular formula is C20H19N3O3. The lowest BCUT2D eigenvalue weighted by Crippen LogP contribution is -2.36. The van der Waals surface area contributed by atoms with Gasteiger partial charge in [0.05, 0.1) is 16.6 Å². The molecule has 1 N–H and O–H groups in total. The van der Waals surface area contributed by atoms with Gasteiger partial charge in [0.2, 0.25) is 0 Å². The first kappa shape index (κ1) is 15.4. The van der Waals surface area contributed by atoms with Crippen LogP contribution in [-0.2, 0) is 13.0 Å². The number of benzene rings is 1. The molecule has 3 aromatic rings. The van der Waals surface area contributed by atoms with Crippen molar-refractivity contribution in [1.82, 2.24) is 15.0 Å². The zero-order valence-electron chi connectivity index (χ0n) is 14.5. The standard InChI is InChI=1S/C20H19N3O3/c1-11-18-16(9-17(13-2-3-13)21-19(18)26-22-11)20(25)23-7-6-12-4-5-15(24)8-14(12)10-23/h4-5,8-9,13,24H,2-3,6-7,10H2,1H3. The molecule has 0 spiro atoms. The second-order valence-electron chi connectivity index (χ2n) is 7.25. The SMILES string of the molecule is Cc1noc2nc(C3CC3)cc(C(=O)N3CCc4ccc(O)cc4C3)c12. The normalized spacial score (nSPS) is 16.7. The van der Waals surface area contributed by atoms with Gasteiger partial charge in [-0.1, -0.05) is 11.2 Å². The highest BCUT2D eigenvalue weighted by atomic mass is 16.5. The lowest BCUT2D eigenvalue weighted by molar-refractivity contribution is 0.0736. The fourth-order valence-electron chi connectivity index (χ4n) is 3.76. The van der Waals surface area contributed by atoms with Gasteiger partial charge in [0.25, 0.3) is 11.6 Å². The molecule has 0 saturated heterocycles. The van der Waals surface area contributed by atoms with Crippen LogP contribution in [0, 0.1) is 6.92 Å². The van der Waals surface area contributed by atoms with Gasteiger partial charge >= 0.3 is 0 Å². The monoisotopic (exact) mass is 349 g/mol. The highest BCUT2D eigenvalue weighted by Crippen LogP contribution is 2.40. The van der Waals surface area contributed by atoms with E-state index in [4.69, 9.17) is 4.52 Å². The number of nitrogens with zero attached hydrogens (tertiary/aromatic N) is 3. The summed E-state index contributed by atoms with van der Waals surface area (Å²) in [5, 5.41) is 14.5. The number of carbonyl (C=O) groups excluding carboxylic acids is 1. The molecule has 6 heteroatoms. The van der Waals surface area contributed by atoms with Crippen molar-refractivity contribution in [2.75, 3.05) is 6.54 Å². The Morgan fingerprint density at radius 3 is 2.92 bits per heavy atom. The minimum absolute atomic E-state index is 0.0282. The Bertz CT molecular complexity index is 1040. The molecule has 0 radical (unpaired) electrons. The van der Waals surface area contributed by atoms with Crippen molar-refractivity contribution in [3.05, 3.63) is 52.3 Å². The molecule has 1 fully saturated rings. The highest BCUT2D eigenvalue weighted by molar-refractivity contribution is 6.06. The largest absolute Gasteiger partial charge is 0.508 e. The average Bonchev–Trinajstić information content (AvgIpc) is 3.43. The zero-order chi connectivity index (χ0) is 17.8. The molecule has 1 aliphatic carbocycles. The van der Waals surface area contributed by atoms with E-state index in [-0.39, 0.29) is 11.7 Å². The summed E-state index contributed by atoms with van der Waals surface area (Å²) in [5.74, 6) is 0.630. The third-order valence-electron chi connectivity index (χ3n) is 5.35. The van der Waals surface area contributed by atoms with Gasteiger partial charge in [0.1, 0.15) is 5.75 Å². The quantitative estimate of drug-likeness (QED) is 0.768. The third-order valence-corrected chi connectivity index (χ3v) is 5.35. The summed E-state index contributed by atoms with van der Waals surface area (Å²) in [5.41, 5.74) is 4.87. The van der Waals surface area contributed by atoms with E-state index in [0.29, 0.717) is 41.4 Å². The smallest absolute Gasteiger partial charge is 0.259 e. The van der Waals surface area contributed by atoms with Crippen molar-refractivity contribution < 1.29 is 14.4 Å². The van der Waals surface area contributed by atoms with E-state index in [1.807, 2.05) is 24.0 Å². The Morgan fingerprint density at radius 1 is 1.27 bits per heavy atom. The predicted molar refractivity (Wildman–Crippen MR) is 95.1 cm³/mol. The van der Waals surface area contributed by atoms with E-state index < -0.39 is 0 Å². The van der Waals surface area contributed by atoms with Gasteiger partial charge in [-0.25, -0.2) is 4.98 Å². The van der Waals surface area contributed by atoms with Crippen LogP contribution in [0.3, 0.4) is 0 Å². The number of fused-ring (bicyclic) bond motifs is 2. The van der Waals surface area contributed by atoms with Gasteiger partial charge in [0, 0.05) is 24.7 Å². The molecule has 26 heavy (non-hydrogen) atoms. The van der Waals surface area contributed by atoms with Crippen LogP contribution in [0.5, 0.6) is 5.75 Å². The van der Waals surface area contributed by atoms with Crippen molar-refractivity contribution in [3.8, 4) is 5.75 Å². The van der Waals surface area contributed by atoms with E-state index in [1.165, 1.54) is 5.56 Å². The maximum atomic E-state index is 13.3. The van der Waals surface area contributed by atoms with Crippen LogP contribution < -0.4 is 0 Å². The van der Waals surface area contributed by atoms with Gasteiger partial charge in [-0.05, 0) is 55.5 Å². The Balaban J connectivity index is 1.55. The highest BCUT2D eigenvalue weighted by Gasteiger charge is 2.30. The number of aromatic nitrogens is 2. The van der Waals surface area contributed by atoms with Crippen LogP contribution in [0.15, 0.2) is 28.8 Å². The summed E-state index contributed by atoms with van der Waals surface area (Å²) in [6.45, 7) is 2.99. The molecule has 0 atom stereocenters. The molecule has 0 unspecified atom stereocenters. The summed E-state index contributed by atoms with van der Waals surface area (Å²) >= 11 is 0. The van der Waals surface area contributed by atoms with Crippen LogP contribution in [-0.4, -0.2) is 32.6 Å². The number of pyridine rings is 1. The number of hydrogen-bond donors (Lipinski definition) is 1. The lowest BCUT2D eigenvalue weighted by Gasteiger charge is -2.29. The minimum atomic E-state index is -0.0282. The van der Waals surface area contributed by atoms with Gasteiger partial charge in [-0.15, -0.1) is 0 Å². The van der Waals surface area contributed by atoms with Crippen LogP contribution in [0.4, 0.5) is 0 Å². The van der Waals surface area contributed by atoms with Crippen LogP contribution in [0.2, 0.25) is 0 Å². The van der Waals surface area contributed by atoms with Crippen molar-refractivity contribution in [1.29, 1.82) is 0 Å². The lowest BCUT2D eigenvalue weighted by atomic mass is 9.98. The maximum Gasteiger partial charge on any atom is 0.259 e. The molecule has 1 aliphatic heterocycles. The van der Waals surface area contributed by atoms with Crippen molar-refractivity contribution in [2.24, 2.45) is 0 Å². The van der Waals surface area contributed by atoms with Crippen molar-refractivity contribution in [3.63, 3.8) is 0 Å². The molecule has 0 bridgehead atoms. The van der Waals surface area contributed by atoms with Crippen molar-refractivity contribution >= 4 is 17.0 Å². The molecule has 1 amide bonds. The van der Waals surface area contributed by atoms with Crippen molar-refractivity contribution in [2.45, 2.75) is 38.6 Å².